The van der Waals surface area contributed by atoms with E-state index in [1.54, 1.807) is 10.8 Å². The maximum atomic E-state index is 12.0. The minimum absolute atomic E-state index is 0.268. The van der Waals surface area contributed by atoms with Crippen molar-refractivity contribution in [1.29, 1.82) is 0 Å². The molecular weight excluding hydrogens is 246 g/mol. The standard InChI is InChI=1S/C13H21N3O3/c14-6-9-16-12(17)5-8-15(13(16)18)7-1-3-11-4-2-10-19-11/h5,8,11H,1-4,6-7,9-10,14H2. The van der Waals surface area contributed by atoms with E-state index in [2.05, 4.69) is 0 Å². The summed E-state index contributed by atoms with van der Waals surface area (Å²) in [6.45, 7) is 2.02. The van der Waals surface area contributed by atoms with Crippen LogP contribution in [0.3, 0.4) is 0 Å². The topological polar surface area (TPSA) is 79.2 Å². The van der Waals surface area contributed by atoms with Crippen LogP contribution in [0.25, 0.3) is 0 Å². The average molecular weight is 267 g/mol. The molecule has 6 heteroatoms. The second kappa shape index (κ2) is 6.68. The van der Waals surface area contributed by atoms with Crippen LogP contribution < -0.4 is 17.0 Å². The van der Waals surface area contributed by atoms with Crippen LogP contribution in [0.2, 0.25) is 0 Å². The second-order valence-electron chi connectivity index (χ2n) is 4.85. The Morgan fingerprint density at radius 2 is 2.21 bits per heavy atom. The van der Waals surface area contributed by atoms with Crippen molar-refractivity contribution in [2.75, 3.05) is 13.2 Å². The lowest BCUT2D eigenvalue weighted by atomic mass is 10.1. The van der Waals surface area contributed by atoms with Gasteiger partial charge in [0.05, 0.1) is 6.10 Å². The molecule has 1 saturated heterocycles. The molecule has 106 valence electrons. The Bertz CT molecular complexity index is 515. The van der Waals surface area contributed by atoms with Gasteiger partial charge >= 0.3 is 5.69 Å². The van der Waals surface area contributed by atoms with Gasteiger partial charge in [-0.3, -0.25) is 9.36 Å². The van der Waals surface area contributed by atoms with Gasteiger partial charge in [-0.05, 0) is 25.7 Å². The van der Waals surface area contributed by atoms with Crippen molar-refractivity contribution < 1.29 is 4.74 Å². The number of nitrogens with two attached hydrogens (primary N) is 1. The van der Waals surface area contributed by atoms with Gasteiger partial charge in [0.2, 0.25) is 0 Å². The van der Waals surface area contributed by atoms with Crippen LogP contribution in [0.4, 0.5) is 0 Å². The molecule has 0 amide bonds. The molecular formula is C13H21N3O3. The third kappa shape index (κ3) is 3.54. The van der Waals surface area contributed by atoms with Crippen LogP contribution >= 0.6 is 0 Å². The lowest BCUT2D eigenvalue weighted by Gasteiger charge is -2.11. The van der Waals surface area contributed by atoms with Crippen molar-refractivity contribution >= 4 is 0 Å². The zero-order valence-corrected chi connectivity index (χ0v) is 11.1. The van der Waals surface area contributed by atoms with Crippen LogP contribution in [0.5, 0.6) is 0 Å². The van der Waals surface area contributed by atoms with Crippen molar-refractivity contribution in [2.24, 2.45) is 5.73 Å². The maximum absolute atomic E-state index is 12.0. The highest BCUT2D eigenvalue weighted by Gasteiger charge is 2.14. The van der Waals surface area contributed by atoms with E-state index in [9.17, 15) is 9.59 Å². The Morgan fingerprint density at radius 3 is 2.89 bits per heavy atom. The van der Waals surface area contributed by atoms with Gasteiger partial charge in [0.1, 0.15) is 0 Å². The molecule has 0 radical (unpaired) electrons. The summed E-state index contributed by atoms with van der Waals surface area (Å²) in [6, 6.07) is 1.42. The molecule has 1 aromatic rings. The smallest absolute Gasteiger partial charge is 0.331 e. The van der Waals surface area contributed by atoms with E-state index < -0.39 is 0 Å². The zero-order chi connectivity index (χ0) is 13.7. The van der Waals surface area contributed by atoms with Crippen LogP contribution in [0.1, 0.15) is 25.7 Å². The first-order chi connectivity index (χ1) is 9.22. The van der Waals surface area contributed by atoms with Crippen molar-refractivity contribution in [3.05, 3.63) is 33.1 Å². The highest BCUT2D eigenvalue weighted by molar-refractivity contribution is 4.86. The van der Waals surface area contributed by atoms with Gasteiger partial charge < -0.3 is 15.0 Å². The number of aromatic nitrogens is 2. The van der Waals surface area contributed by atoms with E-state index >= 15 is 0 Å². The molecule has 1 fully saturated rings. The van der Waals surface area contributed by atoms with Gasteiger partial charge in [-0.2, -0.15) is 0 Å². The fraction of sp³-hybridized carbons (Fsp3) is 0.692. The molecule has 0 aliphatic carbocycles. The zero-order valence-electron chi connectivity index (χ0n) is 11.1. The molecule has 0 bridgehead atoms. The molecule has 0 aromatic carbocycles. The predicted molar refractivity (Wildman–Crippen MR) is 72.2 cm³/mol. The summed E-state index contributed by atoms with van der Waals surface area (Å²) in [6.07, 6.45) is 5.99. The van der Waals surface area contributed by atoms with E-state index in [1.165, 1.54) is 10.6 Å². The Hall–Kier alpha value is -1.40. The minimum Gasteiger partial charge on any atom is -0.378 e. The minimum atomic E-state index is -0.286. The van der Waals surface area contributed by atoms with Gasteiger partial charge in [0, 0.05) is 38.5 Å². The summed E-state index contributed by atoms with van der Waals surface area (Å²) in [7, 11) is 0. The van der Waals surface area contributed by atoms with E-state index in [4.69, 9.17) is 10.5 Å². The summed E-state index contributed by atoms with van der Waals surface area (Å²) in [5, 5.41) is 0. The monoisotopic (exact) mass is 267 g/mol. The summed E-state index contributed by atoms with van der Waals surface area (Å²) in [5.41, 5.74) is 4.85. The molecule has 1 aliphatic heterocycles. The number of rotatable bonds is 6. The quantitative estimate of drug-likeness (QED) is 0.782. The molecule has 1 aliphatic rings. The molecule has 1 unspecified atom stereocenters. The fourth-order valence-electron chi connectivity index (χ4n) is 2.42. The molecule has 2 N–H and O–H groups in total. The molecule has 2 rings (SSSR count). The fourth-order valence-corrected chi connectivity index (χ4v) is 2.42. The molecule has 0 saturated carbocycles. The Kier molecular flexibility index (Phi) is 4.93. The van der Waals surface area contributed by atoms with Crippen LogP contribution in [0, 0.1) is 0 Å². The SMILES string of the molecule is NCCn1c(=O)ccn(CCCC2CCCO2)c1=O. The van der Waals surface area contributed by atoms with Crippen LogP contribution in [-0.2, 0) is 17.8 Å². The summed E-state index contributed by atoms with van der Waals surface area (Å²) in [4.78, 5) is 23.6. The normalized spacial score (nSPS) is 18.9. The van der Waals surface area contributed by atoms with Gasteiger partial charge in [-0.25, -0.2) is 4.79 Å². The molecule has 0 spiro atoms. The molecule has 6 nitrogen and oxygen atoms in total. The number of hydrogen-bond acceptors (Lipinski definition) is 4. The van der Waals surface area contributed by atoms with E-state index in [1.807, 2.05) is 0 Å². The first-order valence-corrected chi connectivity index (χ1v) is 6.84. The van der Waals surface area contributed by atoms with Crippen molar-refractivity contribution in [2.45, 2.75) is 44.9 Å². The van der Waals surface area contributed by atoms with E-state index in [-0.39, 0.29) is 24.3 Å². The lowest BCUT2D eigenvalue weighted by Crippen LogP contribution is -2.40. The number of nitrogens with zero attached hydrogens (tertiary/aromatic N) is 2. The van der Waals surface area contributed by atoms with Crippen LogP contribution in [-0.4, -0.2) is 28.4 Å². The third-order valence-corrected chi connectivity index (χ3v) is 3.44. The Labute approximate surface area is 111 Å². The van der Waals surface area contributed by atoms with E-state index in [0.717, 1.165) is 32.3 Å². The average Bonchev–Trinajstić information content (AvgIpc) is 2.90. The Morgan fingerprint density at radius 1 is 1.37 bits per heavy atom. The molecule has 2 heterocycles. The highest BCUT2D eigenvalue weighted by atomic mass is 16.5. The number of aryl methyl sites for hydroxylation is 1. The largest absolute Gasteiger partial charge is 0.378 e. The first kappa shape index (κ1) is 14.0. The Balaban J connectivity index is 1.98. The highest BCUT2D eigenvalue weighted by Crippen LogP contribution is 2.16. The van der Waals surface area contributed by atoms with Gasteiger partial charge in [-0.15, -0.1) is 0 Å². The predicted octanol–water partition coefficient (Wildman–Crippen LogP) is -0.0721. The molecule has 1 atom stereocenters. The molecule has 1 aromatic heterocycles. The second-order valence-corrected chi connectivity index (χ2v) is 4.85. The van der Waals surface area contributed by atoms with Gasteiger partial charge in [0.25, 0.3) is 5.56 Å². The summed E-state index contributed by atoms with van der Waals surface area (Å²) >= 11 is 0. The third-order valence-electron chi connectivity index (χ3n) is 3.44. The first-order valence-electron chi connectivity index (χ1n) is 6.84. The number of hydrogen-bond donors (Lipinski definition) is 1. The molecule has 19 heavy (non-hydrogen) atoms. The summed E-state index contributed by atoms with van der Waals surface area (Å²) < 4.78 is 8.31. The van der Waals surface area contributed by atoms with Crippen molar-refractivity contribution in [3.63, 3.8) is 0 Å². The van der Waals surface area contributed by atoms with E-state index in [0.29, 0.717) is 12.6 Å². The van der Waals surface area contributed by atoms with Crippen molar-refractivity contribution in [1.82, 2.24) is 9.13 Å². The van der Waals surface area contributed by atoms with Crippen molar-refractivity contribution in [3.8, 4) is 0 Å². The van der Waals surface area contributed by atoms with Crippen LogP contribution in [0.15, 0.2) is 21.9 Å². The number of ether oxygens (including phenoxy) is 1. The van der Waals surface area contributed by atoms with Gasteiger partial charge in [-0.1, -0.05) is 0 Å². The summed E-state index contributed by atoms with van der Waals surface area (Å²) in [5.74, 6) is 0. The van der Waals surface area contributed by atoms with Gasteiger partial charge in [0.15, 0.2) is 0 Å². The maximum Gasteiger partial charge on any atom is 0.331 e. The lowest BCUT2D eigenvalue weighted by molar-refractivity contribution is 0.101.